The molecule has 0 aliphatic carbocycles. The van der Waals surface area contributed by atoms with Gasteiger partial charge in [-0.25, -0.2) is 4.79 Å². The van der Waals surface area contributed by atoms with E-state index in [-0.39, 0.29) is 6.54 Å². The highest BCUT2D eigenvalue weighted by atomic mass is 16.2. The quantitative estimate of drug-likeness (QED) is 0.488. The van der Waals surface area contributed by atoms with Crippen molar-refractivity contribution in [2.75, 3.05) is 13.6 Å². The minimum Gasteiger partial charge on any atom is -0.368 e. The lowest BCUT2D eigenvalue weighted by atomic mass is 10.3. The highest BCUT2D eigenvalue weighted by Crippen LogP contribution is 1.98. The van der Waals surface area contributed by atoms with Crippen molar-refractivity contribution >= 4 is 17.8 Å². The Kier molecular flexibility index (Phi) is 4.41. The molecule has 0 aliphatic heterocycles. The van der Waals surface area contributed by atoms with Gasteiger partial charge in [0.2, 0.25) is 11.8 Å². The third-order valence-electron chi connectivity index (χ3n) is 1.68. The van der Waals surface area contributed by atoms with Gasteiger partial charge < -0.3 is 21.7 Å². The Bertz CT molecular complexity index is 253. The van der Waals surface area contributed by atoms with E-state index in [1.807, 2.05) is 0 Å². The molecule has 0 saturated carbocycles. The number of primary amides is 2. The van der Waals surface area contributed by atoms with Crippen LogP contribution in [0.25, 0.3) is 0 Å². The molecule has 0 heterocycles. The summed E-state index contributed by atoms with van der Waals surface area (Å²) in [7, 11) is 1.38. The molecule has 5 N–H and O–H groups in total. The average Bonchev–Trinajstić information content (AvgIpc) is 2.11. The van der Waals surface area contributed by atoms with Gasteiger partial charge in [0.15, 0.2) is 0 Å². The van der Waals surface area contributed by atoms with Crippen LogP contribution in [0.15, 0.2) is 0 Å². The highest BCUT2D eigenvalue weighted by molar-refractivity contribution is 5.88. The van der Waals surface area contributed by atoms with Gasteiger partial charge in [-0.3, -0.25) is 9.59 Å². The minimum atomic E-state index is -0.873. The fraction of sp³-hybridized carbons (Fsp3) is 0.571. The third-order valence-corrected chi connectivity index (χ3v) is 1.68. The van der Waals surface area contributed by atoms with E-state index in [1.165, 1.54) is 14.0 Å². The lowest BCUT2D eigenvalue weighted by Crippen LogP contribution is -2.52. The van der Waals surface area contributed by atoms with E-state index in [2.05, 4.69) is 5.32 Å². The van der Waals surface area contributed by atoms with Crippen molar-refractivity contribution in [2.24, 2.45) is 11.5 Å². The number of nitrogens with two attached hydrogens (primary N) is 2. The minimum absolute atomic E-state index is 0.343. The van der Waals surface area contributed by atoms with Crippen LogP contribution in [0.4, 0.5) is 4.79 Å². The summed E-state index contributed by atoms with van der Waals surface area (Å²) in [6.45, 7) is 1.07. The number of hydrogen-bond donors (Lipinski definition) is 3. The molecule has 80 valence electrons. The molecule has 0 spiro atoms. The van der Waals surface area contributed by atoms with Gasteiger partial charge in [-0.15, -0.1) is 0 Å². The molecule has 0 radical (unpaired) electrons. The first kappa shape index (κ1) is 12.2. The van der Waals surface area contributed by atoms with Crippen LogP contribution in [0.5, 0.6) is 0 Å². The SMILES string of the molecule is CNC(=O)N(CC(N)=O)C(C)C(N)=O. The van der Waals surface area contributed by atoms with Gasteiger partial charge in [-0.2, -0.15) is 0 Å². The maximum atomic E-state index is 11.2. The normalized spacial score (nSPS) is 11.6. The number of carbonyl (C=O) groups excluding carboxylic acids is 3. The van der Waals surface area contributed by atoms with Crippen LogP contribution in [0, 0.1) is 0 Å². The molecule has 0 fully saturated rings. The van der Waals surface area contributed by atoms with Crippen molar-refractivity contribution in [3.8, 4) is 0 Å². The molecule has 0 bridgehead atoms. The Balaban J connectivity index is 4.62. The fourth-order valence-electron chi connectivity index (χ4n) is 0.850. The molecule has 0 aromatic rings. The van der Waals surface area contributed by atoms with E-state index < -0.39 is 23.9 Å². The van der Waals surface area contributed by atoms with Gasteiger partial charge >= 0.3 is 6.03 Å². The van der Waals surface area contributed by atoms with Crippen LogP contribution in [0.1, 0.15) is 6.92 Å². The van der Waals surface area contributed by atoms with Gasteiger partial charge in [-0.05, 0) is 6.92 Å². The van der Waals surface area contributed by atoms with Gasteiger partial charge in [0.1, 0.15) is 12.6 Å². The van der Waals surface area contributed by atoms with Gasteiger partial charge in [0.25, 0.3) is 0 Å². The van der Waals surface area contributed by atoms with E-state index >= 15 is 0 Å². The first-order valence-corrected chi connectivity index (χ1v) is 3.96. The molecule has 14 heavy (non-hydrogen) atoms. The summed E-state index contributed by atoms with van der Waals surface area (Å²) >= 11 is 0. The van der Waals surface area contributed by atoms with Gasteiger partial charge in [0, 0.05) is 7.05 Å². The second-order valence-corrected chi connectivity index (χ2v) is 2.73. The first-order valence-electron chi connectivity index (χ1n) is 3.96. The van der Waals surface area contributed by atoms with Crippen LogP contribution in [-0.4, -0.2) is 42.4 Å². The van der Waals surface area contributed by atoms with E-state index in [1.54, 1.807) is 0 Å². The van der Waals surface area contributed by atoms with Crippen molar-refractivity contribution < 1.29 is 14.4 Å². The summed E-state index contributed by atoms with van der Waals surface area (Å²) in [6, 6.07) is -1.45. The van der Waals surface area contributed by atoms with E-state index in [0.29, 0.717) is 0 Å². The Morgan fingerprint density at radius 1 is 1.36 bits per heavy atom. The molecule has 1 unspecified atom stereocenters. The predicted molar refractivity (Wildman–Crippen MR) is 49.0 cm³/mol. The Morgan fingerprint density at radius 3 is 2.14 bits per heavy atom. The van der Waals surface area contributed by atoms with Crippen molar-refractivity contribution in [2.45, 2.75) is 13.0 Å². The zero-order valence-electron chi connectivity index (χ0n) is 8.11. The lowest BCUT2D eigenvalue weighted by molar-refractivity contribution is -0.123. The van der Waals surface area contributed by atoms with E-state index in [9.17, 15) is 14.4 Å². The first-order chi connectivity index (χ1) is 6.40. The molecule has 0 aromatic heterocycles. The average molecular weight is 202 g/mol. The lowest BCUT2D eigenvalue weighted by Gasteiger charge is -2.24. The van der Waals surface area contributed by atoms with Gasteiger partial charge in [0.05, 0.1) is 0 Å². The van der Waals surface area contributed by atoms with E-state index in [0.717, 1.165) is 4.90 Å². The zero-order chi connectivity index (χ0) is 11.3. The summed E-state index contributed by atoms with van der Waals surface area (Å²) in [5.41, 5.74) is 9.90. The fourth-order valence-corrected chi connectivity index (χ4v) is 0.850. The standard InChI is InChI=1S/C7H14N4O3/c1-4(6(9)13)11(3-5(8)12)7(14)10-2/h4H,3H2,1-2H3,(H2,8,12)(H2,9,13)(H,10,14). The van der Waals surface area contributed by atoms with Crippen LogP contribution in [-0.2, 0) is 9.59 Å². The van der Waals surface area contributed by atoms with Crippen molar-refractivity contribution in [3.05, 3.63) is 0 Å². The second kappa shape index (κ2) is 5.05. The number of nitrogens with one attached hydrogen (secondary N) is 1. The molecular weight excluding hydrogens is 188 g/mol. The largest absolute Gasteiger partial charge is 0.368 e. The molecule has 7 heteroatoms. The number of nitrogens with zero attached hydrogens (tertiary/aromatic N) is 1. The highest BCUT2D eigenvalue weighted by Gasteiger charge is 2.24. The zero-order valence-corrected chi connectivity index (χ0v) is 8.11. The molecule has 0 aromatic carbocycles. The molecule has 1 atom stereocenters. The smallest absolute Gasteiger partial charge is 0.318 e. The number of hydrogen-bond acceptors (Lipinski definition) is 3. The maximum Gasteiger partial charge on any atom is 0.318 e. The topological polar surface area (TPSA) is 119 Å². The molecule has 0 rings (SSSR count). The predicted octanol–water partition coefficient (Wildman–Crippen LogP) is -2.01. The number of carbonyl (C=O) groups is 3. The maximum absolute atomic E-state index is 11.2. The Morgan fingerprint density at radius 2 is 1.86 bits per heavy atom. The van der Waals surface area contributed by atoms with Gasteiger partial charge in [-0.1, -0.05) is 0 Å². The second-order valence-electron chi connectivity index (χ2n) is 2.73. The monoisotopic (exact) mass is 202 g/mol. The Labute approximate surface area is 81.4 Å². The molecule has 7 nitrogen and oxygen atoms in total. The third kappa shape index (κ3) is 3.30. The molecule has 4 amide bonds. The summed E-state index contributed by atoms with van der Waals surface area (Å²) in [5.74, 6) is -1.41. The molecule has 0 saturated heterocycles. The van der Waals surface area contributed by atoms with Crippen molar-refractivity contribution in [1.29, 1.82) is 0 Å². The van der Waals surface area contributed by atoms with Crippen LogP contribution >= 0.6 is 0 Å². The summed E-state index contributed by atoms with van der Waals surface area (Å²) < 4.78 is 0. The van der Waals surface area contributed by atoms with E-state index in [4.69, 9.17) is 11.5 Å². The summed E-state index contributed by atoms with van der Waals surface area (Å²) in [6.07, 6.45) is 0. The molecular formula is C7H14N4O3. The van der Waals surface area contributed by atoms with Crippen LogP contribution in [0.2, 0.25) is 0 Å². The summed E-state index contributed by atoms with van der Waals surface area (Å²) in [5, 5.41) is 2.28. The molecule has 0 aliphatic rings. The Hall–Kier alpha value is -1.79. The van der Waals surface area contributed by atoms with Crippen molar-refractivity contribution in [3.63, 3.8) is 0 Å². The van der Waals surface area contributed by atoms with Crippen LogP contribution < -0.4 is 16.8 Å². The number of amides is 4. The number of rotatable bonds is 4. The summed E-state index contributed by atoms with van der Waals surface area (Å²) in [4.78, 5) is 33.6. The number of urea groups is 1. The van der Waals surface area contributed by atoms with Crippen molar-refractivity contribution in [1.82, 2.24) is 10.2 Å². The van der Waals surface area contributed by atoms with Crippen LogP contribution in [0.3, 0.4) is 0 Å².